The topological polar surface area (TPSA) is 74.0 Å². The summed E-state index contributed by atoms with van der Waals surface area (Å²) in [6.07, 6.45) is 5.31. The number of imidazole rings is 1. The number of para-hydroxylation sites is 1. The summed E-state index contributed by atoms with van der Waals surface area (Å²) in [5.41, 5.74) is 3.87. The van der Waals surface area contributed by atoms with Crippen LogP contribution in [0.3, 0.4) is 0 Å². The Bertz CT molecular complexity index is 1010. The van der Waals surface area contributed by atoms with E-state index in [1.807, 2.05) is 72.0 Å². The van der Waals surface area contributed by atoms with Crippen LogP contribution in [0.15, 0.2) is 67.1 Å². The zero-order chi connectivity index (χ0) is 20.1. The Morgan fingerprint density at radius 2 is 1.90 bits per heavy atom. The Hall–Kier alpha value is -3.14. The van der Waals surface area contributed by atoms with Crippen molar-refractivity contribution in [2.24, 2.45) is 0 Å². The van der Waals surface area contributed by atoms with E-state index in [1.54, 1.807) is 0 Å². The highest BCUT2D eigenvalue weighted by Crippen LogP contribution is 2.21. The van der Waals surface area contributed by atoms with Crippen LogP contribution < -0.4 is 10.2 Å². The quantitative estimate of drug-likeness (QED) is 0.636. The minimum absolute atomic E-state index is 0. The molecular formula is C23H24ClN5O. The molecule has 6 nitrogen and oxygen atoms in total. The second-order valence-corrected chi connectivity index (χ2v) is 7.19. The number of benzene rings is 2. The van der Waals surface area contributed by atoms with Crippen LogP contribution in [0.1, 0.15) is 23.2 Å². The molecule has 1 aromatic heterocycles. The van der Waals surface area contributed by atoms with E-state index in [0.29, 0.717) is 12.1 Å². The Morgan fingerprint density at radius 1 is 1.13 bits per heavy atom. The molecule has 1 atom stereocenters. The molecule has 7 heteroatoms. The molecule has 0 spiro atoms. The fourth-order valence-electron chi connectivity index (χ4n) is 3.69. The van der Waals surface area contributed by atoms with Crippen molar-refractivity contribution in [1.82, 2.24) is 14.9 Å². The van der Waals surface area contributed by atoms with Crippen LogP contribution in [0, 0.1) is 11.3 Å². The first kappa shape index (κ1) is 21.6. The largest absolute Gasteiger partial charge is 0.330 e. The minimum Gasteiger partial charge on any atom is -0.330 e. The zero-order valence-electron chi connectivity index (χ0n) is 16.6. The second-order valence-electron chi connectivity index (χ2n) is 7.19. The maximum absolute atomic E-state index is 12.7. The van der Waals surface area contributed by atoms with Crippen molar-refractivity contribution < 1.29 is 4.79 Å². The number of aromatic nitrogens is 2. The Kier molecular flexibility index (Phi) is 7.23. The second kappa shape index (κ2) is 10.1. The van der Waals surface area contributed by atoms with Crippen LogP contribution >= 0.6 is 12.4 Å². The summed E-state index contributed by atoms with van der Waals surface area (Å²) in [7, 11) is 0. The van der Waals surface area contributed by atoms with E-state index in [4.69, 9.17) is 5.26 Å². The van der Waals surface area contributed by atoms with Gasteiger partial charge in [-0.05, 0) is 36.2 Å². The Morgan fingerprint density at radius 3 is 2.63 bits per heavy atom. The zero-order valence-corrected chi connectivity index (χ0v) is 17.4. The predicted octanol–water partition coefficient (Wildman–Crippen LogP) is 3.16. The molecule has 0 saturated carbocycles. The van der Waals surface area contributed by atoms with Crippen LogP contribution in [0.5, 0.6) is 0 Å². The number of nitrogens with zero attached hydrogens (tertiary/aromatic N) is 4. The first-order valence-corrected chi connectivity index (χ1v) is 9.82. The molecule has 1 fully saturated rings. The van der Waals surface area contributed by atoms with Gasteiger partial charge < -0.3 is 14.8 Å². The van der Waals surface area contributed by atoms with Crippen molar-refractivity contribution in [2.75, 3.05) is 18.0 Å². The van der Waals surface area contributed by atoms with Gasteiger partial charge in [0, 0.05) is 43.6 Å². The molecule has 2 heterocycles. The molecule has 1 saturated heterocycles. The van der Waals surface area contributed by atoms with Crippen LogP contribution in [0.25, 0.3) is 0 Å². The van der Waals surface area contributed by atoms with Crippen molar-refractivity contribution in [3.63, 3.8) is 0 Å². The molecule has 30 heavy (non-hydrogen) atoms. The Labute approximate surface area is 182 Å². The van der Waals surface area contributed by atoms with E-state index < -0.39 is 0 Å². The Balaban J connectivity index is 0.00000256. The van der Waals surface area contributed by atoms with Crippen molar-refractivity contribution >= 4 is 24.0 Å². The highest BCUT2D eigenvalue weighted by atomic mass is 35.5. The van der Waals surface area contributed by atoms with E-state index in [2.05, 4.69) is 20.9 Å². The fourth-order valence-corrected chi connectivity index (χ4v) is 3.69. The van der Waals surface area contributed by atoms with Crippen LogP contribution in [-0.2, 0) is 17.8 Å². The molecule has 3 aromatic rings. The van der Waals surface area contributed by atoms with E-state index >= 15 is 0 Å². The summed E-state index contributed by atoms with van der Waals surface area (Å²) in [5.74, 6) is 0.141. The smallest absolute Gasteiger partial charge is 0.244 e. The summed E-state index contributed by atoms with van der Waals surface area (Å²) < 4.78 is 2.11. The van der Waals surface area contributed by atoms with Crippen LogP contribution in [0.4, 0.5) is 5.69 Å². The molecule has 1 aliphatic rings. The van der Waals surface area contributed by atoms with E-state index in [-0.39, 0.29) is 24.4 Å². The number of halogens is 1. The molecule has 0 bridgehead atoms. The highest BCUT2D eigenvalue weighted by molar-refractivity contribution is 5.99. The van der Waals surface area contributed by atoms with Crippen molar-refractivity contribution in [3.05, 3.63) is 83.9 Å². The summed E-state index contributed by atoms with van der Waals surface area (Å²) >= 11 is 0. The fraction of sp³-hybridized carbons (Fsp3) is 0.261. The van der Waals surface area contributed by atoms with Gasteiger partial charge in [-0.15, -0.1) is 12.4 Å². The third kappa shape index (κ3) is 4.88. The van der Waals surface area contributed by atoms with Crippen LogP contribution in [0.2, 0.25) is 0 Å². The molecule has 1 N–H and O–H groups in total. The molecule has 4 rings (SSSR count). The van der Waals surface area contributed by atoms with Crippen molar-refractivity contribution in [2.45, 2.75) is 25.4 Å². The lowest BCUT2D eigenvalue weighted by atomic mass is 10.1. The third-order valence-corrected chi connectivity index (χ3v) is 5.28. The third-order valence-electron chi connectivity index (χ3n) is 5.28. The van der Waals surface area contributed by atoms with Gasteiger partial charge in [-0.1, -0.05) is 30.3 Å². The SMILES string of the molecule is Cl.N#Cc1ccc(Cn2cncc2CCN[C@H]2CCN(c3ccccc3)C2=O)cc1. The number of rotatable bonds is 7. The number of amides is 1. The molecule has 1 amide bonds. The molecular weight excluding hydrogens is 398 g/mol. The van der Waals surface area contributed by atoms with Gasteiger partial charge in [-0.2, -0.15) is 5.26 Å². The number of hydrogen-bond donors (Lipinski definition) is 1. The summed E-state index contributed by atoms with van der Waals surface area (Å²) in [6.45, 7) is 2.18. The van der Waals surface area contributed by atoms with Gasteiger partial charge in [0.05, 0.1) is 24.0 Å². The maximum Gasteiger partial charge on any atom is 0.244 e. The van der Waals surface area contributed by atoms with Gasteiger partial charge in [-0.25, -0.2) is 4.98 Å². The van der Waals surface area contributed by atoms with Gasteiger partial charge in [0.25, 0.3) is 0 Å². The lowest BCUT2D eigenvalue weighted by molar-refractivity contribution is -0.118. The number of carbonyl (C=O) groups is 1. The number of hydrogen-bond acceptors (Lipinski definition) is 4. The first-order chi connectivity index (χ1) is 14.2. The van der Waals surface area contributed by atoms with Gasteiger partial charge in [0.15, 0.2) is 0 Å². The number of anilines is 1. The molecule has 2 aromatic carbocycles. The normalized spacial score (nSPS) is 15.6. The standard InChI is InChI=1S/C23H23N5O.ClH/c24-14-18-6-8-19(9-7-18)16-27-17-25-15-21(27)10-12-26-22-11-13-28(23(22)29)20-4-2-1-3-5-20;/h1-9,15,17,22,26H,10-13,16H2;1H/t22-;/m0./s1. The molecule has 1 aliphatic heterocycles. The number of carbonyl (C=O) groups excluding carboxylic acids is 1. The number of nitriles is 1. The minimum atomic E-state index is -0.134. The van der Waals surface area contributed by atoms with Gasteiger partial charge >= 0.3 is 0 Å². The lowest BCUT2D eigenvalue weighted by Gasteiger charge is -2.17. The average Bonchev–Trinajstić information content (AvgIpc) is 3.36. The van der Waals surface area contributed by atoms with Crippen molar-refractivity contribution in [1.29, 1.82) is 5.26 Å². The monoisotopic (exact) mass is 421 g/mol. The van der Waals surface area contributed by atoms with Gasteiger partial charge in [0.2, 0.25) is 5.91 Å². The average molecular weight is 422 g/mol. The number of nitrogens with one attached hydrogen (secondary N) is 1. The highest BCUT2D eigenvalue weighted by Gasteiger charge is 2.31. The lowest BCUT2D eigenvalue weighted by Crippen LogP contribution is -2.39. The van der Waals surface area contributed by atoms with E-state index in [9.17, 15) is 4.79 Å². The molecule has 154 valence electrons. The molecule has 0 radical (unpaired) electrons. The summed E-state index contributed by atoms with van der Waals surface area (Å²) in [5, 5.41) is 12.3. The summed E-state index contributed by atoms with van der Waals surface area (Å²) in [4.78, 5) is 18.8. The van der Waals surface area contributed by atoms with Gasteiger partial charge in [0.1, 0.15) is 0 Å². The van der Waals surface area contributed by atoms with E-state index in [1.165, 1.54) is 0 Å². The predicted molar refractivity (Wildman–Crippen MR) is 119 cm³/mol. The first-order valence-electron chi connectivity index (χ1n) is 9.82. The maximum atomic E-state index is 12.7. The van der Waals surface area contributed by atoms with Gasteiger partial charge in [-0.3, -0.25) is 4.79 Å². The van der Waals surface area contributed by atoms with Crippen molar-refractivity contribution in [3.8, 4) is 6.07 Å². The van der Waals surface area contributed by atoms with Crippen LogP contribution in [-0.4, -0.2) is 34.6 Å². The summed E-state index contributed by atoms with van der Waals surface area (Å²) in [6, 6.07) is 19.4. The van der Waals surface area contributed by atoms with E-state index in [0.717, 1.165) is 42.9 Å². The molecule has 0 unspecified atom stereocenters. The molecule has 0 aliphatic carbocycles.